The van der Waals surface area contributed by atoms with Crippen LogP contribution in [0, 0.1) is 0 Å². The van der Waals surface area contributed by atoms with Gasteiger partial charge in [0.1, 0.15) is 0 Å². The molecule has 0 saturated carbocycles. The Bertz CT molecular complexity index is 791. The summed E-state index contributed by atoms with van der Waals surface area (Å²) in [6, 6.07) is 5.61. The number of benzene rings is 1. The summed E-state index contributed by atoms with van der Waals surface area (Å²) in [7, 11) is -3.81. The maximum Gasteiger partial charge on any atom is 0.338 e. The summed E-state index contributed by atoms with van der Waals surface area (Å²) in [4.78, 5) is 14.7. The first-order valence-electron chi connectivity index (χ1n) is 5.66. The molecule has 8 heteroatoms. The fourth-order valence-electron chi connectivity index (χ4n) is 1.75. The summed E-state index contributed by atoms with van der Waals surface area (Å²) in [5.41, 5.74) is 0.0472. The quantitative estimate of drug-likeness (QED) is 0.920. The summed E-state index contributed by atoms with van der Waals surface area (Å²) in [6.45, 7) is 0. The van der Waals surface area contributed by atoms with Crippen molar-refractivity contribution in [2.24, 2.45) is 0 Å². The average molecular weight is 346 g/mol. The molecular formula is C13H9Cl2NO4S. The second-order valence-corrected chi connectivity index (χ2v) is 6.90. The van der Waals surface area contributed by atoms with E-state index in [4.69, 9.17) is 28.3 Å². The lowest BCUT2D eigenvalue weighted by atomic mass is 10.2. The van der Waals surface area contributed by atoms with E-state index in [0.717, 1.165) is 0 Å². The van der Waals surface area contributed by atoms with Gasteiger partial charge in [0.2, 0.25) is 0 Å². The molecule has 0 aliphatic rings. The average Bonchev–Trinajstić information content (AvgIpc) is 2.38. The molecule has 1 heterocycles. The minimum atomic E-state index is -3.81. The van der Waals surface area contributed by atoms with Gasteiger partial charge < -0.3 is 5.11 Å². The van der Waals surface area contributed by atoms with E-state index in [1.165, 1.54) is 24.5 Å². The van der Waals surface area contributed by atoms with Crippen LogP contribution >= 0.6 is 23.2 Å². The van der Waals surface area contributed by atoms with Crippen LogP contribution in [0.3, 0.4) is 0 Å². The number of aromatic carboxylic acids is 1. The second-order valence-electron chi connectivity index (χ2n) is 4.16. The number of aromatic nitrogens is 1. The number of carboxylic acid groups (broad SMARTS) is 1. The van der Waals surface area contributed by atoms with E-state index in [9.17, 15) is 13.2 Å². The molecule has 0 radical (unpaired) electrons. The van der Waals surface area contributed by atoms with Gasteiger partial charge in [-0.3, -0.25) is 4.98 Å². The van der Waals surface area contributed by atoms with Crippen LogP contribution in [-0.2, 0) is 15.6 Å². The summed E-state index contributed by atoms with van der Waals surface area (Å²) in [5, 5.41) is 8.55. The van der Waals surface area contributed by atoms with Gasteiger partial charge in [-0.05, 0) is 23.8 Å². The molecule has 0 saturated heterocycles. The number of nitrogens with zero attached hydrogens (tertiary/aromatic N) is 1. The molecule has 2 aromatic rings. The molecule has 0 unspecified atom stereocenters. The first-order valence-corrected chi connectivity index (χ1v) is 8.06. The molecule has 2 rings (SSSR count). The van der Waals surface area contributed by atoms with Gasteiger partial charge >= 0.3 is 5.97 Å². The van der Waals surface area contributed by atoms with Crippen LogP contribution < -0.4 is 0 Å². The molecular weight excluding hydrogens is 337 g/mol. The molecule has 1 aromatic heterocycles. The van der Waals surface area contributed by atoms with Crippen LogP contribution in [0.1, 0.15) is 15.9 Å². The minimum Gasteiger partial charge on any atom is -0.478 e. The first-order chi connectivity index (χ1) is 9.83. The van der Waals surface area contributed by atoms with Crippen molar-refractivity contribution in [3.05, 3.63) is 57.8 Å². The van der Waals surface area contributed by atoms with Crippen molar-refractivity contribution in [1.29, 1.82) is 0 Å². The summed E-state index contributed by atoms with van der Waals surface area (Å²) in [5.74, 6) is -1.72. The topological polar surface area (TPSA) is 84.3 Å². The highest BCUT2D eigenvalue weighted by molar-refractivity contribution is 7.90. The van der Waals surface area contributed by atoms with Gasteiger partial charge in [-0.1, -0.05) is 29.3 Å². The Morgan fingerprint density at radius 2 is 1.95 bits per heavy atom. The Morgan fingerprint density at radius 3 is 2.52 bits per heavy atom. The Labute approximate surface area is 131 Å². The normalized spacial score (nSPS) is 11.3. The van der Waals surface area contributed by atoms with Crippen molar-refractivity contribution < 1.29 is 18.3 Å². The van der Waals surface area contributed by atoms with Crippen LogP contribution in [-0.4, -0.2) is 24.5 Å². The van der Waals surface area contributed by atoms with Crippen LogP contribution in [0.4, 0.5) is 0 Å². The van der Waals surface area contributed by atoms with Crippen molar-refractivity contribution in [3.8, 4) is 0 Å². The first kappa shape index (κ1) is 15.8. The Kier molecular flexibility index (Phi) is 4.51. The smallest absolute Gasteiger partial charge is 0.338 e. The van der Waals surface area contributed by atoms with E-state index in [1.807, 2.05) is 0 Å². The summed E-state index contributed by atoms with van der Waals surface area (Å²) >= 11 is 11.6. The van der Waals surface area contributed by atoms with Crippen molar-refractivity contribution in [2.45, 2.75) is 10.6 Å². The number of pyridine rings is 1. The van der Waals surface area contributed by atoms with Crippen molar-refractivity contribution >= 4 is 39.0 Å². The minimum absolute atomic E-state index is 0.118. The zero-order valence-electron chi connectivity index (χ0n) is 10.5. The lowest BCUT2D eigenvalue weighted by Crippen LogP contribution is -2.09. The maximum absolute atomic E-state index is 12.4. The van der Waals surface area contributed by atoms with E-state index in [-0.39, 0.29) is 20.7 Å². The van der Waals surface area contributed by atoms with E-state index < -0.39 is 21.4 Å². The Balaban J connectivity index is 2.51. The van der Waals surface area contributed by atoms with Gasteiger partial charge in [-0.25, -0.2) is 13.2 Å². The van der Waals surface area contributed by atoms with E-state index in [1.54, 1.807) is 12.1 Å². The molecule has 5 nitrogen and oxygen atoms in total. The zero-order valence-corrected chi connectivity index (χ0v) is 12.8. The van der Waals surface area contributed by atoms with Crippen LogP contribution in [0.25, 0.3) is 0 Å². The highest BCUT2D eigenvalue weighted by atomic mass is 35.5. The number of sulfone groups is 1. The van der Waals surface area contributed by atoms with Gasteiger partial charge in [-0.2, -0.15) is 0 Å². The van der Waals surface area contributed by atoms with Crippen LogP contribution in [0.2, 0.25) is 10.0 Å². The number of hydrogen-bond acceptors (Lipinski definition) is 4. The van der Waals surface area contributed by atoms with Crippen LogP contribution in [0.5, 0.6) is 0 Å². The fraction of sp³-hybridized carbons (Fsp3) is 0.0769. The molecule has 0 bridgehead atoms. The maximum atomic E-state index is 12.4. The van der Waals surface area contributed by atoms with Gasteiger partial charge in [-0.15, -0.1) is 0 Å². The van der Waals surface area contributed by atoms with Gasteiger partial charge in [0.05, 0.1) is 26.3 Å². The molecule has 0 fully saturated rings. The van der Waals surface area contributed by atoms with E-state index in [0.29, 0.717) is 5.56 Å². The zero-order chi connectivity index (χ0) is 15.6. The highest BCUT2D eigenvalue weighted by Crippen LogP contribution is 2.32. The number of halogens is 2. The number of carboxylic acids is 1. The van der Waals surface area contributed by atoms with Crippen molar-refractivity contribution in [1.82, 2.24) is 4.98 Å². The standard InChI is InChI=1S/C13H9Cl2NO4S/c14-9-3-4-10(12(15)11(9)13(17)18)21(19,20)7-8-2-1-5-16-6-8/h1-6H,7H2,(H,17,18). The third kappa shape index (κ3) is 3.34. The Hall–Kier alpha value is -1.63. The van der Waals surface area contributed by atoms with Crippen molar-refractivity contribution in [3.63, 3.8) is 0 Å². The van der Waals surface area contributed by atoms with Crippen molar-refractivity contribution in [2.75, 3.05) is 0 Å². The predicted molar refractivity (Wildman–Crippen MR) is 78.5 cm³/mol. The molecule has 0 aliphatic heterocycles. The second kappa shape index (κ2) is 6.01. The third-order valence-electron chi connectivity index (χ3n) is 2.68. The predicted octanol–water partition coefficient (Wildman–Crippen LogP) is 3.06. The highest BCUT2D eigenvalue weighted by Gasteiger charge is 2.25. The van der Waals surface area contributed by atoms with E-state index >= 15 is 0 Å². The number of rotatable bonds is 4. The van der Waals surface area contributed by atoms with Gasteiger partial charge in [0, 0.05) is 12.4 Å². The molecule has 0 amide bonds. The summed E-state index contributed by atoms with van der Waals surface area (Å²) < 4.78 is 24.7. The van der Waals surface area contributed by atoms with E-state index in [2.05, 4.69) is 4.98 Å². The molecule has 0 atom stereocenters. The molecule has 110 valence electrons. The number of carbonyl (C=O) groups is 1. The SMILES string of the molecule is O=C(O)c1c(Cl)ccc(S(=O)(=O)Cc2cccnc2)c1Cl. The Morgan fingerprint density at radius 1 is 1.24 bits per heavy atom. The monoisotopic (exact) mass is 345 g/mol. The fourth-order valence-corrected chi connectivity index (χ4v) is 4.05. The van der Waals surface area contributed by atoms with Crippen LogP contribution in [0.15, 0.2) is 41.6 Å². The van der Waals surface area contributed by atoms with Gasteiger partial charge in [0.15, 0.2) is 9.84 Å². The van der Waals surface area contributed by atoms with Gasteiger partial charge in [0.25, 0.3) is 0 Å². The molecule has 1 N–H and O–H groups in total. The third-order valence-corrected chi connectivity index (χ3v) is 5.23. The lowest BCUT2D eigenvalue weighted by Gasteiger charge is -2.09. The largest absolute Gasteiger partial charge is 0.478 e. The molecule has 0 aliphatic carbocycles. The molecule has 21 heavy (non-hydrogen) atoms. The molecule has 0 spiro atoms. The number of hydrogen-bond donors (Lipinski definition) is 1. The molecule has 1 aromatic carbocycles. The lowest BCUT2D eigenvalue weighted by molar-refractivity contribution is 0.0697. The summed E-state index contributed by atoms with van der Waals surface area (Å²) in [6.07, 6.45) is 2.94.